The number of aliphatic imine (C=N–C) groups is 1. The second-order valence-corrected chi connectivity index (χ2v) is 6.50. The summed E-state index contributed by atoms with van der Waals surface area (Å²) in [5.41, 5.74) is 2.32. The third-order valence-electron chi connectivity index (χ3n) is 4.54. The smallest absolute Gasteiger partial charge is 0.193 e. The first-order valence-electron chi connectivity index (χ1n) is 8.99. The molecule has 1 atom stereocenters. The Labute approximate surface area is 154 Å². The number of guanidine groups is 1. The van der Waals surface area contributed by atoms with Crippen LogP contribution in [0, 0.1) is 0 Å². The van der Waals surface area contributed by atoms with Crippen LogP contribution in [0.4, 0.5) is 0 Å². The zero-order valence-corrected chi connectivity index (χ0v) is 15.4. The Bertz CT molecular complexity index is 726. The van der Waals surface area contributed by atoms with Crippen LogP contribution in [-0.4, -0.2) is 59.0 Å². The highest BCUT2D eigenvalue weighted by atomic mass is 16.5. The maximum Gasteiger partial charge on any atom is 0.193 e. The van der Waals surface area contributed by atoms with E-state index in [0.717, 1.165) is 44.0 Å². The highest BCUT2D eigenvalue weighted by Crippen LogP contribution is 2.21. The molecule has 1 fully saturated rings. The highest BCUT2D eigenvalue weighted by Gasteiger charge is 2.24. The van der Waals surface area contributed by atoms with Crippen LogP contribution in [0.2, 0.25) is 0 Å². The molecule has 2 aromatic rings. The first-order chi connectivity index (χ1) is 12.7. The van der Waals surface area contributed by atoms with Crippen molar-refractivity contribution in [3.05, 3.63) is 47.8 Å². The third kappa shape index (κ3) is 4.76. The fourth-order valence-electron chi connectivity index (χ4n) is 3.14. The Morgan fingerprint density at radius 1 is 1.38 bits per heavy atom. The van der Waals surface area contributed by atoms with Gasteiger partial charge in [0.1, 0.15) is 11.9 Å². The van der Waals surface area contributed by atoms with Gasteiger partial charge < -0.3 is 20.1 Å². The summed E-state index contributed by atoms with van der Waals surface area (Å²) in [5.74, 6) is 1.22. The largest absolute Gasteiger partial charge is 0.508 e. The monoisotopic (exact) mass is 357 g/mol. The van der Waals surface area contributed by atoms with E-state index < -0.39 is 0 Å². The van der Waals surface area contributed by atoms with E-state index in [2.05, 4.69) is 20.3 Å². The first kappa shape index (κ1) is 18.3. The van der Waals surface area contributed by atoms with Crippen molar-refractivity contribution in [2.45, 2.75) is 18.9 Å². The number of phenols is 1. The summed E-state index contributed by atoms with van der Waals surface area (Å²) in [6.07, 6.45) is 5.85. The van der Waals surface area contributed by atoms with Gasteiger partial charge >= 0.3 is 0 Å². The molecule has 0 aliphatic carbocycles. The molecule has 0 amide bonds. The molecular formula is C19H27N5O2. The lowest BCUT2D eigenvalue weighted by molar-refractivity contribution is -0.00801. The number of morpholine rings is 1. The van der Waals surface area contributed by atoms with Crippen LogP contribution < -0.4 is 5.32 Å². The number of nitrogens with zero attached hydrogens (tertiary/aromatic N) is 4. The molecule has 2 heterocycles. The van der Waals surface area contributed by atoms with Gasteiger partial charge in [-0.3, -0.25) is 9.67 Å². The molecule has 1 aliphatic heterocycles. The van der Waals surface area contributed by atoms with Crippen LogP contribution in [0.3, 0.4) is 0 Å². The van der Waals surface area contributed by atoms with E-state index in [1.54, 1.807) is 16.8 Å². The number of ether oxygens (including phenoxy) is 1. The molecule has 0 bridgehead atoms. The SMILES string of the molecule is CN=C(NCCCc1ccc(O)cc1)N1CCOC(c2cnn(C)c2)C1. The molecule has 7 nitrogen and oxygen atoms in total. The van der Waals surface area contributed by atoms with Gasteiger partial charge in [0.2, 0.25) is 0 Å². The van der Waals surface area contributed by atoms with E-state index in [9.17, 15) is 5.11 Å². The Kier molecular flexibility index (Phi) is 6.12. The molecule has 1 aliphatic rings. The molecule has 2 N–H and O–H groups in total. The second-order valence-electron chi connectivity index (χ2n) is 6.50. The summed E-state index contributed by atoms with van der Waals surface area (Å²) in [5, 5.41) is 17.0. The summed E-state index contributed by atoms with van der Waals surface area (Å²) in [7, 11) is 3.73. The fraction of sp³-hybridized carbons (Fsp3) is 0.474. The Morgan fingerprint density at radius 2 is 2.19 bits per heavy atom. The van der Waals surface area contributed by atoms with Crippen molar-refractivity contribution in [1.29, 1.82) is 0 Å². The zero-order chi connectivity index (χ0) is 18.4. The Morgan fingerprint density at radius 3 is 2.88 bits per heavy atom. The number of rotatable bonds is 5. The van der Waals surface area contributed by atoms with E-state index in [-0.39, 0.29) is 6.10 Å². The summed E-state index contributed by atoms with van der Waals surface area (Å²) >= 11 is 0. The van der Waals surface area contributed by atoms with Crippen molar-refractivity contribution >= 4 is 5.96 Å². The molecule has 1 aromatic heterocycles. The van der Waals surface area contributed by atoms with Crippen LogP contribution in [0.5, 0.6) is 5.75 Å². The normalized spacial score (nSPS) is 18.2. The average molecular weight is 357 g/mol. The van der Waals surface area contributed by atoms with Crippen LogP contribution >= 0.6 is 0 Å². The molecule has 3 rings (SSSR count). The standard InChI is InChI=1S/C19H27N5O2/c1-20-19(21-9-3-4-15-5-7-17(25)8-6-15)24-10-11-26-18(14-24)16-12-22-23(2)13-16/h5-8,12-13,18,25H,3-4,9-11,14H2,1-2H3,(H,20,21). The number of aryl methyl sites for hydroxylation is 2. The van der Waals surface area contributed by atoms with Crippen molar-refractivity contribution in [1.82, 2.24) is 20.0 Å². The molecule has 7 heteroatoms. The Hall–Kier alpha value is -2.54. The van der Waals surface area contributed by atoms with Gasteiger partial charge in [0.05, 0.1) is 19.3 Å². The minimum Gasteiger partial charge on any atom is -0.508 e. The summed E-state index contributed by atoms with van der Waals surface area (Å²) in [4.78, 5) is 6.66. The van der Waals surface area contributed by atoms with E-state index in [1.165, 1.54) is 5.56 Å². The predicted octanol–water partition coefficient (Wildman–Crippen LogP) is 1.71. The molecule has 0 spiro atoms. The average Bonchev–Trinajstić information content (AvgIpc) is 3.10. The van der Waals surface area contributed by atoms with Gasteiger partial charge in [-0.15, -0.1) is 0 Å². The van der Waals surface area contributed by atoms with Gasteiger partial charge in [-0.05, 0) is 30.5 Å². The minimum atomic E-state index is 0.0213. The fourth-order valence-corrected chi connectivity index (χ4v) is 3.14. The molecule has 1 unspecified atom stereocenters. The predicted molar refractivity (Wildman–Crippen MR) is 101 cm³/mol. The Balaban J connectivity index is 1.48. The summed E-state index contributed by atoms with van der Waals surface area (Å²) in [6.45, 7) is 3.12. The molecular weight excluding hydrogens is 330 g/mol. The van der Waals surface area contributed by atoms with Crippen molar-refractivity contribution in [2.24, 2.45) is 12.0 Å². The molecule has 140 valence electrons. The molecule has 1 saturated heterocycles. The maximum atomic E-state index is 9.33. The number of hydrogen-bond donors (Lipinski definition) is 2. The van der Waals surface area contributed by atoms with E-state index in [4.69, 9.17) is 4.74 Å². The first-order valence-corrected chi connectivity index (χ1v) is 8.99. The number of hydrogen-bond acceptors (Lipinski definition) is 4. The zero-order valence-electron chi connectivity index (χ0n) is 15.4. The van der Waals surface area contributed by atoms with Crippen molar-refractivity contribution in [3.63, 3.8) is 0 Å². The van der Waals surface area contributed by atoms with Crippen LogP contribution in [0.1, 0.15) is 23.7 Å². The van der Waals surface area contributed by atoms with Gasteiger partial charge in [0.25, 0.3) is 0 Å². The van der Waals surface area contributed by atoms with Crippen molar-refractivity contribution < 1.29 is 9.84 Å². The third-order valence-corrected chi connectivity index (χ3v) is 4.54. The number of phenolic OH excluding ortho intramolecular Hbond substituents is 1. The van der Waals surface area contributed by atoms with Gasteiger partial charge in [0, 0.05) is 38.9 Å². The van der Waals surface area contributed by atoms with Crippen molar-refractivity contribution in [2.75, 3.05) is 33.3 Å². The number of benzene rings is 1. The van der Waals surface area contributed by atoms with E-state index in [0.29, 0.717) is 12.4 Å². The van der Waals surface area contributed by atoms with E-state index in [1.807, 2.05) is 38.6 Å². The molecule has 26 heavy (non-hydrogen) atoms. The van der Waals surface area contributed by atoms with Crippen LogP contribution in [-0.2, 0) is 18.2 Å². The van der Waals surface area contributed by atoms with Gasteiger partial charge in [-0.1, -0.05) is 12.1 Å². The molecule has 1 aromatic carbocycles. The molecule has 0 radical (unpaired) electrons. The van der Waals surface area contributed by atoms with Crippen molar-refractivity contribution in [3.8, 4) is 5.75 Å². The quantitative estimate of drug-likeness (QED) is 0.484. The van der Waals surface area contributed by atoms with E-state index >= 15 is 0 Å². The highest BCUT2D eigenvalue weighted by molar-refractivity contribution is 5.80. The summed E-state index contributed by atoms with van der Waals surface area (Å²) in [6, 6.07) is 7.39. The minimum absolute atomic E-state index is 0.0213. The number of nitrogens with one attached hydrogen (secondary N) is 1. The summed E-state index contributed by atoms with van der Waals surface area (Å²) < 4.78 is 7.70. The van der Waals surface area contributed by atoms with Gasteiger partial charge in [-0.25, -0.2) is 0 Å². The lowest BCUT2D eigenvalue weighted by Crippen LogP contribution is -2.48. The second kappa shape index (κ2) is 8.71. The van der Waals surface area contributed by atoms with Gasteiger partial charge in [-0.2, -0.15) is 5.10 Å². The number of aromatic nitrogens is 2. The number of aromatic hydroxyl groups is 1. The van der Waals surface area contributed by atoms with Crippen LogP contribution in [0.25, 0.3) is 0 Å². The topological polar surface area (TPSA) is 74.9 Å². The maximum absolute atomic E-state index is 9.33. The van der Waals surface area contributed by atoms with Crippen LogP contribution in [0.15, 0.2) is 41.7 Å². The lowest BCUT2D eigenvalue weighted by Gasteiger charge is -2.34. The van der Waals surface area contributed by atoms with Gasteiger partial charge in [0.15, 0.2) is 5.96 Å². The lowest BCUT2D eigenvalue weighted by atomic mass is 10.1. The molecule has 0 saturated carbocycles.